The lowest BCUT2D eigenvalue weighted by molar-refractivity contribution is -0.233. The van der Waals surface area contributed by atoms with Gasteiger partial charge in [-0.05, 0) is 18.5 Å². The van der Waals surface area contributed by atoms with E-state index in [1.165, 1.54) is 0 Å². The Morgan fingerprint density at radius 2 is 0.947 bits per heavy atom. The van der Waals surface area contributed by atoms with Gasteiger partial charge >= 0.3 is 17.9 Å². The Bertz CT molecular complexity index is 259. The molecule has 0 aliphatic carbocycles. The van der Waals surface area contributed by atoms with E-state index in [4.69, 9.17) is 15.8 Å². The third kappa shape index (κ3) is 9.32. The van der Waals surface area contributed by atoms with Crippen LogP contribution in [0.3, 0.4) is 0 Å². The Balaban J connectivity index is 4.16. The Hall–Kier alpha value is -1.28. The van der Waals surface area contributed by atoms with Crippen molar-refractivity contribution in [2.45, 2.75) is 19.3 Å². The maximum Gasteiger partial charge on any atom is 0.342 e. The van der Waals surface area contributed by atoms with Gasteiger partial charge in [0.1, 0.15) is 0 Å². The molecule has 0 saturated carbocycles. The first-order valence-electron chi connectivity index (χ1n) is 5.28. The van der Waals surface area contributed by atoms with Gasteiger partial charge < -0.3 is 14.7 Å². The monoisotopic (exact) mass is 298 g/mol. The van der Waals surface area contributed by atoms with Crippen LogP contribution in [0.15, 0.2) is 0 Å². The van der Waals surface area contributed by atoms with Crippen molar-refractivity contribution in [3.8, 4) is 0 Å². The summed E-state index contributed by atoms with van der Waals surface area (Å²) in [5.74, 6) is -2.45. The molecule has 0 aromatic carbocycles. The largest absolute Gasteiger partial charge is 0.342 e. The molecular weight excluding hydrogens is 283 g/mol. The van der Waals surface area contributed by atoms with Gasteiger partial charge in [-0.15, -0.1) is 7.92 Å². The first kappa shape index (κ1) is 17.7. The second-order valence-electron chi connectivity index (χ2n) is 3.48. The molecule has 0 spiro atoms. The van der Waals surface area contributed by atoms with Crippen molar-refractivity contribution in [2.75, 3.05) is 18.5 Å². The molecule has 9 nitrogen and oxygen atoms in total. The molecule has 0 radical (unpaired) electrons. The third-order valence-corrected chi connectivity index (χ3v) is 4.77. The van der Waals surface area contributed by atoms with Crippen LogP contribution in [0.1, 0.15) is 19.3 Å². The van der Waals surface area contributed by atoms with Crippen molar-refractivity contribution in [1.82, 2.24) is 0 Å². The van der Waals surface area contributed by atoms with E-state index in [0.29, 0.717) is 18.5 Å². The normalized spacial score (nSPS) is 10.1. The molecule has 3 N–H and O–H groups in total. The van der Waals surface area contributed by atoms with E-state index < -0.39 is 25.8 Å². The minimum absolute atomic E-state index is 0.0649. The van der Waals surface area contributed by atoms with Crippen LogP contribution in [-0.4, -0.2) is 52.2 Å². The number of carbonyl (C=O) groups is 3. The highest BCUT2D eigenvalue weighted by atomic mass is 31.1. The summed E-state index contributed by atoms with van der Waals surface area (Å²) < 4.78 is 0. The highest BCUT2D eigenvalue weighted by molar-refractivity contribution is 7.57. The van der Waals surface area contributed by atoms with Gasteiger partial charge in [-0.3, -0.25) is 0 Å². The summed E-state index contributed by atoms with van der Waals surface area (Å²) in [7, 11) is -0.911. The van der Waals surface area contributed by atoms with E-state index in [2.05, 4.69) is 14.7 Å². The first-order chi connectivity index (χ1) is 9.03. The van der Waals surface area contributed by atoms with Gasteiger partial charge in [-0.2, -0.15) is 15.8 Å². The summed E-state index contributed by atoms with van der Waals surface area (Å²) in [4.78, 5) is 42.8. The molecule has 0 bridgehead atoms. The zero-order valence-electron chi connectivity index (χ0n) is 9.98. The molecule has 0 atom stereocenters. The van der Waals surface area contributed by atoms with E-state index in [1.807, 2.05) is 0 Å². The van der Waals surface area contributed by atoms with Gasteiger partial charge in [0.2, 0.25) is 0 Å². The third-order valence-electron chi connectivity index (χ3n) is 2.20. The van der Waals surface area contributed by atoms with Crippen LogP contribution in [0, 0.1) is 0 Å². The van der Waals surface area contributed by atoms with Gasteiger partial charge in [-0.1, -0.05) is 0 Å². The molecule has 0 aromatic heterocycles. The summed E-state index contributed by atoms with van der Waals surface area (Å²) >= 11 is 0. The fourth-order valence-electron chi connectivity index (χ4n) is 1.22. The highest BCUT2D eigenvalue weighted by Crippen LogP contribution is 2.37. The lowest BCUT2D eigenvalue weighted by atomic mass is 10.5. The number of hydrogen-bond acceptors (Lipinski definition) is 9. The first-order valence-corrected chi connectivity index (χ1v) is 7.18. The van der Waals surface area contributed by atoms with Gasteiger partial charge in [0.25, 0.3) is 0 Å². The Labute approximate surface area is 109 Å². The van der Waals surface area contributed by atoms with Crippen LogP contribution in [0.5, 0.6) is 0 Å². The van der Waals surface area contributed by atoms with Crippen LogP contribution in [-0.2, 0) is 29.0 Å². The van der Waals surface area contributed by atoms with Crippen LogP contribution in [0.25, 0.3) is 0 Å². The van der Waals surface area contributed by atoms with Crippen molar-refractivity contribution in [3.63, 3.8) is 0 Å². The lowest BCUT2D eigenvalue weighted by Crippen LogP contribution is -2.10. The topological polar surface area (TPSA) is 140 Å². The van der Waals surface area contributed by atoms with E-state index >= 15 is 0 Å². The molecule has 110 valence electrons. The SMILES string of the molecule is O=C(CCP(CCC(=O)OO)CCC(=O)OO)OO. The standard InChI is InChI=1S/C9H15O9P/c10-7(16-13)1-4-19(5-2-8(11)17-14)6-3-9(12)18-15/h13-15H,1-6H2. The van der Waals surface area contributed by atoms with E-state index in [0.717, 1.165) is 0 Å². The molecule has 0 aromatic rings. The Kier molecular flexibility index (Phi) is 9.91. The predicted octanol–water partition coefficient (Wildman–Crippen LogP) is 0.687. The maximum atomic E-state index is 10.8. The molecular formula is C9H15O9P. The molecule has 0 fully saturated rings. The molecule has 0 aliphatic rings. The zero-order valence-corrected chi connectivity index (χ0v) is 10.9. The van der Waals surface area contributed by atoms with Crippen molar-refractivity contribution < 1.29 is 44.8 Å². The van der Waals surface area contributed by atoms with Crippen LogP contribution in [0.2, 0.25) is 0 Å². The minimum Gasteiger partial charge on any atom is -0.301 e. The van der Waals surface area contributed by atoms with Crippen LogP contribution < -0.4 is 0 Å². The van der Waals surface area contributed by atoms with E-state index in [1.54, 1.807) is 0 Å². The minimum atomic E-state index is -0.911. The molecule has 0 unspecified atom stereocenters. The molecule has 0 rings (SSSR count). The Morgan fingerprint density at radius 1 is 0.684 bits per heavy atom. The zero-order chi connectivity index (χ0) is 14.7. The van der Waals surface area contributed by atoms with Crippen molar-refractivity contribution in [1.29, 1.82) is 0 Å². The van der Waals surface area contributed by atoms with Crippen molar-refractivity contribution >= 4 is 25.8 Å². The molecule has 0 heterocycles. The number of hydrogen-bond donors (Lipinski definition) is 3. The molecule has 19 heavy (non-hydrogen) atoms. The van der Waals surface area contributed by atoms with Crippen LogP contribution in [0.4, 0.5) is 0 Å². The second kappa shape index (κ2) is 10.6. The quantitative estimate of drug-likeness (QED) is 0.242. The van der Waals surface area contributed by atoms with Gasteiger partial charge in [-0.25, -0.2) is 14.4 Å². The summed E-state index contributed by atoms with van der Waals surface area (Å²) in [5.41, 5.74) is 0. The maximum absolute atomic E-state index is 10.8. The van der Waals surface area contributed by atoms with Crippen LogP contribution >= 0.6 is 7.92 Å². The lowest BCUT2D eigenvalue weighted by Gasteiger charge is -2.15. The van der Waals surface area contributed by atoms with Gasteiger partial charge in [0.15, 0.2) is 0 Å². The fourth-order valence-corrected chi connectivity index (χ4v) is 3.39. The molecule has 0 saturated heterocycles. The Morgan fingerprint density at radius 3 is 1.16 bits per heavy atom. The number of rotatable bonds is 9. The second-order valence-corrected chi connectivity index (χ2v) is 6.16. The average molecular weight is 298 g/mol. The molecule has 0 amide bonds. The fraction of sp³-hybridized carbons (Fsp3) is 0.667. The highest BCUT2D eigenvalue weighted by Gasteiger charge is 2.16. The summed E-state index contributed by atoms with van der Waals surface area (Å²) in [6.07, 6.45) is 0.782. The van der Waals surface area contributed by atoms with E-state index in [9.17, 15) is 14.4 Å². The summed E-state index contributed by atoms with van der Waals surface area (Å²) in [6, 6.07) is 0. The molecule has 10 heteroatoms. The summed E-state index contributed by atoms with van der Waals surface area (Å²) in [5, 5.41) is 24.3. The van der Waals surface area contributed by atoms with E-state index in [-0.39, 0.29) is 19.3 Å². The van der Waals surface area contributed by atoms with Crippen molar-refractivity contribution in [3.05, 3.63) is 0 Å². The smallest absolute Gasteiger partial charge is 0.301 e. The van der Waals surface area contributed by atoms with Crippen molar-refractivity contribution in [2.24, 2.45) is 0 Å². The predicted molar refractivity (Wildman–Crippen MR) is 61.5 cm³/mol. The summed E-state index contributed by atoms with van der Waals surface area (Å²) in [6.45, 7) is 0. The van der Waals surface area contributed by atoms with Gasteiger partial charge in [0, 0.05) is 0 Å². The van der Waals surface area contributed by atoms with Gasteiger partial charge in [0.05, 0.1) is 19.3 Å². The number of carbonyl (C=O) groups excluding carboxylic acids is 3. The average Bonchev–Trinajstić information content (AvgIpc) is 2.44. The molecule has 0 aliphatic heterocycles.